The summed E-state index contributed by atoms with van der Waals surface area (Å²) in [4.78, 5) is 25.1. The highest BCUT2D eigenvalue weighted by Crippen LogP contribution is 2.26. The SMILES string of the molecule is Cc1cc(C)n2nc(SCC(=O)Nc3nc4ccc(F)cc4s3)nc2n1. The Morgan fingerprint density at radius 3 is 2.96 bits per heavy atom. The van der Waals surface area contributed by atoms with Crippen LogP contribution in [0.2, 0.25) is 0 Å². The van der Waals surface area contributed by atoms with E-state index >= 15 is 0 Å². The van der Waals surface area contributed by atoms with Crippen molar-refractivity contribution in [3.8, 4) is 0 Å². The van der Waals surface area contributed by atoms with Crippen molar-refractivity contribution in [2.45, 2.75) is 19.0 Å². The molecule has 0 fully saturated rings. The summed E-state index contributed by atoms with van der Waals surface area (Å²) < 4.78 is 15.6. The normalized spacial score (nSPS) is 11.3. The van der Waals surface area contributed by atoms with E-state index in [1.807, 2.05) is 19.9 Å². The Labute approximate surface area is 155 Å². The number of hydrogen-bond acceptors (Lipinski definition) is 7. The third-order valence-electron chi connectivity index (χ3n) is 3.53. The lowest BCUT2D eigenvalue weighted by Crippen LogP contribution is -2.13. The third kappa shape index (κ3) is 3.37. The highest BCUT2D eigenvalue weighted by Gasteiger charge is 2.12. The second kappa shape index (κ2) is 6.61. The van der Waals surface area contributed by atoms with Gasteiger partial charge in [0, 0.05) is 11.4 Å². The van der Waals surface area contributed by atoms with Crippen molar-refractivity contribution >= 4 is 50.1 Å². The lowest BCUT2D eigenvalue weighted by atomic mass is 10.3. The van der Waals surface area contributed by atoms with E-state index in [1.54, 1.807) is 10.6 Å². The van der Waals surface area contributed by atoms with E-state index < -0.39 is 0 Å². The van der Waals surface area contributed by atoms with Crippen LogP contribution in [0.3, 0.4) is 0 Å². The number of benzene rings is 1. The second-order valence-electron chi connectivity index (χ2n) is 5.61. The van der Waals surface area contributed by atoms with E-state index in [0.717, 1.165) is 11.4 Å². The minimum Gasteiger partial charge on any atom is -0.301 e. The standard InChI is InChI=1S/C16H13FN6OS2/c1-8-5-9(2)23-14(18-8)21-16(22-23)25-7-13(24)20-15-19-11-4-3-10(17)6-12(11)26-15/h3-6H,7H2,1-2H3,(H,19,20,24). The van der Waals surface area contributed by atoms with Crippen LogP contribution in [0.1, 0.15) is 11.4 Å². The number of carbonyl (C=O) groups is 1. The molecule has 132 valence electrons. The molecule has 0 radical (unpaired) electrons. The maximum absolute atomic E-state index is 13.2. The van der Waals surface area contributed by atoms with Crippen LogP contribution in [0.15, 0.2) is 29.4 Å². The van der Waals surface area contributed by atoms with Crippen LogP contribution >= 0.6 is 23.1 Å². The van der Waals surface area contributed by atoms with Crippen molar-refractivity contribution in [1.82, 2.24) is 24.6 Å². The van der Waals surface area contributed by atoms with Gasteiger partial charge < -0.3 is 5.32 Å². The number of anilines is 1. The molecule has 4 aromatic rings. The fourth-order valence-electron chi connectivity index (χ4n) is 2.45. The van der Waals surface area contributed by atoms with Crippen LogP contribution in [-0.2, 0) is 4.79 Å². The van der Waals surface area contributed by atoms with Gasteiger partial charge in [-0.15, -0.1) is 5.10 Å². The summed E-state index contributed by atoms with van der Waals surface area (Å²) in [5.74, 6) is 0.0960. The largest absolute Gasteiger partial charge is 0.301 e. The van der Waals surface area contributed by atoms with Gasteiger partial charge in [-0.2, -0.15) is 4.98 Å². The average molecular weight is 388 g/mol. The van der Waals surface area contributed by atoms with Crippen LogP contribution in [0.4, 0.5) is 9.52 Å². The van der Waals surface area contributed by atoms with Gasteiger partial charge in [-0.1, -0.05) is 23.1 Å². The zero-order valence-corrected chi connectivity index (χ0v) is 15.5. The molecule has 10 heteroatoms. The fraction of sp³-hybridized carbons (Fsp3) is 0.188. The zero-order chi connectivity index (χ0) is 18.3. The maximum atomic E-state index is 13.2. The van der Waals surface area contributed by atoms with Gasteiger partial charge in [0.1, 0.15) is 5.82 Å². The van der Waals surface area contributed by atoms with E-state index in [1.165, 1.54) is 35.2 Å². The van der Waals surface area contributed by atoms with Crippen molar-refractivity contribution in [3.63, 3.8) is 0 Å². The molecule has 1 N–H and O–H groups in total. The Morgan fingerprint density at radius 2 is 2.12 bits per heavy atom. The highest BCUT2D eigenvalue weighted by atomic mass is 32.2. The predicted octanol–water partition coefficient (Wildman–Crippen LogP) is 3.22. The fourth-order valence-corrected chi connectivity index (χ4v) is 3.97. The van der Waals surface area contributed by atoms with Gasteiger partial charge in [-0.3, -0.25) is 4.79 Å². The van der Waals surface area contributed by atoms with Gasteiger partial charge >= 0.3 is 0 Å². The summed E-state index contributed by atoms with van der Waals surface area (Å²) in [6.45, 7) is 3.82. The number of hydrogen-bond donors (Lipinski definition) is 1. The van der Waals surface area contributed by atoms with E-state index in [0.29, 0.717) is 26.3 Å². The van der Waals surface area contributed by atoms with Gasteiger partial charge in [-0.05, 0) is 38.1 Å². The summed E-state index contributed by atoms with van der Waals surface area (Å²) in [6, 6.07) is 6.24. The molecule has 0 saturated heterocycles. The molecule has 26 heavy (non-hydrogen) atoms. The molecule has 0 atom stereocenters. The Bertz CT molecular complexity index is 1140. The molecule has 0 saturated carbocycles. The number of nitrogens with one attached hydrogen (secondary N) is 1. The van der Waals surface area contributed by atoms with Crippen molar-refractivity contribution in [2.75, 3.05) is 11.1 Å². The molecule has 0 unspecified atom stereocenters. The van der Waals surface area contributed by atoms with Gasteiger partial charge in [0.15, 0.2) is 5.13 Å². The van der Waals surface area contributed by atoms with Gasteiger partial charge in [0.2, 0.25) is 11.1 Å². The first-order valence-corrected chi connectivity index (χ1v) is 9.48. The van der Waals surface area contributed by atoms with Crippen molar-refractivity contribution < 1.29 is 9.18 Å². The molecular weight excluding hydrogens is 375 g/mol. The number of fused-ring (bicyclic) bond motifs is 2. The molecule has 0 aliphatic rings. The minimum absolute atomic E-state index is 0.138. The quantitative estimate of drug-likeness (QED) is 0.540. The number of nitrogens with zero attached hydrogens (tertiary/aromatic N) is 5. The number of carbonyl (C=O) groups excluding carboxylic acids is 1. The lowest BCUT2D eigenvalue weighted by Gasteiger charge is -1.98. The number of halogens is 1. The summed E-state index contributed by atoms with van der Waals surface area (Å²) in [6.07, 6.45) is 0. The van der Waals surface area contributed by atoms with Gasteiger partial charge in [0.05, 0.1) is 16.0 Å². The Balaban J connectivity index is 1.44. The first-order chi connectivity index (χ1) is 12.5. The topological polar surface area (TPSA) is 85.1 Å². The van der Waals surface area contributed by atoms with Crippen molar-refractivity contribution in [3.05, 3.63) is 41.5 Å². The number of thioether (sulfide) groups is 1. The summed E-state index contributed by atoms with van der Waals surface area (Å²) in [5, 5.41) is 7.99. The summed E-state index contributed by atoms with van der Waals surface area (Å²) in [5.41, 5.74) is 2.44. The average Bonchev–Trinajstić information content (AvgIpc) is 3.15. The van der Waals surface area contributed by atoms with E-state index in [-0.39, 0.29) is 17.5 Å². The van der Waals surface area contributed by atoms with Crippen LogP contribution < -0.4 is 5.32 Å². The molecule has 7 nitrogen and oxygen atoms in total. The van der Waals surface area contributed by atoms with Gasteiger partial charge in [0.25, 0.3) is 5.78 Å². The van der Waals surface area contributed by atoms with Crippen LogP contribution in [-0.4, -0.2) is 36.2 Å². The molecule has 0 aliphatic carbocycles. The summed E-state index contributed by atoms with van der Waals surface area (Å²) >= 11 is 2.45. The van der Waals surface area contributed by atoms with Crippen LogP contribution in [0, 0.1) is 19.7 Å². The number of amides is 1. The second-order valence-corrected chi connectivity index (χ2v) is 7.59. The van der Waals surface area contributed by atoms with Crippen molar-refractivity contribution in [2.24, 2.45) is 0 Å². The first kappa shape index (κ1) is 16.9. The molecule has 1 aromatic carbocycles. The number of aromatic nitrogens is 5. The minimum atomic E-state index is -0.327. The Hall–Kier alpha value is -2.59. The van der Waals surface area contributed by atoms with Crippen molar-refractivity contribution in [1.29, 1.82) is 0 Å². The molecule has 0 aliphatic heterocycles. The van der Waals surface area contributed by atoms with E-state index in [9.17, 15) is 9.18 Å². The predicted molar refractivity (Wildman–Crippen MR) is 99.2 cm³/mol. The molecule has 4 rings (SSSR count). The van der Waals surface area contributed by atoms with Crippen LogP contribution in [0.25, 0.3) is 16.0 Å². The maximum Gasteiger partial charge on any atom is 0.253 e. The molecule has 3 heterocycles. The molecule has 0 bridgehead atoms. The Morgan fingerprint density at radius 1 is 1.27 bits per heavy atom. The van der Waals surface area contributed by atoms with E-state index in [2.05, 4.69) is 25.4 Å². The molecule has 0 spiro atoms. The zero-order valence-electron chi connectivity index (χ0n) is 13.9. The first-order valence-electron chi connectivity index (χ1n) is 7.68. The third-order valence-corrected chi connectivity index (χ3v) is 5.30. The summed E-state index contributed by atoms with van der Waals surface area (Å²) in [7, 11) is 0. The number of rotatable bonds is 4. The molecule has 1 amide bonds. The van der Waals surface area contributed by atoms with E-state index in [4.69, 9.17) is 0 Å². The monoisotopic (exact) mass is 388 g/mol. The number of thiazole rings is 1. The number of aryl methyl sites for hydroxylation is 2. The van der Waals surface area contributed by atoms with Gasteiger partial charge in [-0.25, -0.2) is 18.9 Å². The highest BCUT2D eigenvalue weighted by molar-refractivity contribution is 7.99. The smallest absolute Gasteiger partial charge is 0.253 e. The lowest BCUT2D eigenvalue weighted by molar-refractivity contribution is -0.113. The molecular formula is C16H13FN6OS2. The van der Waals surface area contributed by atoms with Crippen LogP contribution in [0.5, 0.6) is 0 Å². The molecule has 3 aromatic heterocycles. The Kier molecular flexibility index (Phi) is 4.29.